The van der Waals surface area contributed by atoms with E-state index in [2.05, 4.69) is 15.9 Å². The van der Waals surface area contributed by atoms with E-state index in [4.69, 9.17) is 4.74 Å². The maximum atomic E-state index is 12.7. The van der Waals surface area contributed by atoms with Gasteiger partial charge < -0.3 is 9.64 Å². The summed E-state index contributed by atoms with van der Waals surface area (Å²) >= 11 is 4.47. The highest BCUT2D eigenvalue weighted by molar-refractivity contribution is 9.11. The lowest BCUT2D eigenvalue weighted by atomic mass is 10.2. The van der Waals surface area contributed by atoms with Crippen molar-refractivity contribution in [1.29, 1.82) is 0 Å². The van der Waals surface area contributed by atoms with Crippen molar-refractivity contribution in [2.45, 2.75) is 43.5 Å². The minimum atomic E-state index is -3.53. The normalized spacial score (nSPS) is 20.6. The lowest BCUT2D eigenvalue weighted by molar-refractivity contribution is 0.0143. The van der Waals surface area contributed by atoms with E-state index in [9.17, 15) is 13.2 Å². The van der Waals surface area contributed by atoms with Crippen LogP contribution in [0.2, 0.25) is 0 Å². The number of carbonyl (C=O) groups is 1. The third kappa shape index (κ3) is 4.46. The fourth-order valence-corrected chi connectivity index (χ4v) is 6.09. The minimum Gasteiger partial charge on any atom is -0.444 e. The molecule has 1 saturated heterocycles. The van der Waals surface area contributed by atoms with Crippen LogP contribution in [0.5, 0.6) is 0 Å². The minimum absolute atomic E-state index is 0.262. The van der Waals surface area contributed by atoms with E-state index in [-0.39, 0.29) is 12.6 Å². The van der Waals surface area contributed by atoms with Gasteiger partial charge in [0.25, 0.3) is 10.0 Å². The van der Waals surface area contributed by atoms with Gasteiger partial charge in [-0.3, -0.25) is 0 Å². The summed E-state index contributed by atoms with van der Waals surface area (Å²) in [5.74, 6) is 0. The van der Waals surface area contributed by atoms with Crippen molar-refractivity contribution >= 4 is 43.4 Å². The van der Waals surface area contributed by atoms with E-state index in [1.807, 2.05) is 20.8 Å². The Bertz CT molecular complexity index is 681. The van der Waals surface area contributed by atoms with Gasteiger partial charge in [0.05, 0.1) is 3.79 Å². The fraction of sp³-hybridized carbons (Fsp3) is 0.643. The van der Waals surface area contributed by atoms with Crippen LogP contribution in [0.1, 0.15) is 27.7 Å². The van der Waals surface area contributed by atoms with Gasteiger partial charge in [-0.2, -0.15) is 4.31 Å². The monoisotopic (exact) mass is 424 g/mol. The molecule has 0 N–H and O–H groups in total. The molecule has 0 spiro atoms. The molecular formula is C14H21BrN2O4S2. The summed E-state index contributed by atoms with van der Waals surface area (Å²) in [5.41, 5.74) is -0.563. The smallest absolute Gasteiger partial charge is 0.410 e. The second-order valence-corrected chi connectivity index (χ2v) is 11.0. The average molecular weight is 425 g/mol. The van der Waals surface area contributed by atoms with Crippen molar-refractivity contribution in [3.8, 4) is 0 Å². The Morgan fingerprint density at radius 2 is 2.00 bits per heavy atom. The highest BCUT2D eigenvalue weighted by Crippen LogP contribution is 2.30. The molecular weight excluding hydrogens is 404 g/mol. The van der Waals surface area contributed by atoms with E-state index in [0.29, 0.717) is 17.3 Å². The van der Waals surface area contributed by atoms with Gasteiger partial charge in [-0.25, -0.2) is 13.2 Å². The van der Waals surface area contributed by atoms with Gasteiger partial charge in [0, 0.05) is 25.7 Å². The summed E-state index contributed by atoms with van der Waals surface area (Å²) in [5, 5.41) is 0. The molecule has 0 aromatic carbocycles. The van der Waals surface area contributed by atoms with Crippen LogP contribution in [0.25, 0.3) is 0 Å². The first-order valence-electron chi connectivity index (χ1n) is 7.26. The maximum absolute atomic E-state index is 12.7. The average Bonchev–Trinajstić information content (AvgIpc) is 2.83. The van der Waals surface area contributed by atoms with Crippen molar-refractivity contribution in [3.05, 3.63) is 15.9 Å². The van der Waals surface area contributed by atoms with Crippen LogP contribution >= 0.6 is 27.3 Å². The number of nitrogens with zero attached hydrogens (tertiary/aromatic N) is 2. The number of hydrogen-bond acceptors (Lipinski definition) is 5. The summed E-state index contributed by atoms with van der Waals surface area (Å²) in [6, 6.07) is 3.01. The molecule has 1 aliphatic rings. The molecule has 1 aliphatic heterocycles. The van der Waals surface area contributed by atoms with Crippen LogP contribution in [-0.4, -0.2) is 55.0 Å². The van der Waals surface area contributed by atoms with Crippen molar-refractivity contribution in [1.82, 2.24) is 9.21 Å². The first kappa shape index (κ1) is 18.7. The van der Waals surface area contributed by atoms with Gasteiger partial charge in [0.2, 0.25) is 0 Å². The number of rotatable bonds is 2. The molecule has 1 atom stereocenters. The second kappa shape index (κ2) is 6.70. The van der Waals surface area contributed by atoms with Gasteiger partial charge in [0.1, 0.15) is 9.81 Å². The molecule has 0 saturated carbocycles. The zero-order chi connectivity index (χ0) is 17.4. The maximum Gasteiger partial charge on any atom is 0.410 e. The first-order chi connectivity index (χ1) is 10.5. The van der Waals surface area contributed by atoms with Gasteiger partial charge in [-0.1, -0.05) is 0 Å². The molecule has 0 aliphatic carbocycles. The van der Waals surface area contributed by atoms with E-state index in [0.717, 1.165) is 3.79 Å². The molecule has 1 aromatic rings. The molecule has 9 heteroatoms. The topological polar surface area (TPSA) is 66.9 Å². The van der Waals surface area contributed by atoms with Crippen molar-refractivity contribution in [2.75, 3.05) is 19.6 Å². The van der Waals surface area contributed by atoms with Crippen LogP contribution in [0, 0.1) is 0 Å². The standard InChI is InChI=1S/C14H21BrN2O4S2/c1-10-9-16(13(18)21-14(2,3)4)7-8-17(10)23(19,20)12-6-5-11(15)22-12/h5-6,10H,7-9H2,1-4H3/t10-/m1/s1. The van der Waals surface area contributed by atoms with Crippen LogP contribution in [0.3, 0.4) is 0 Å². The Hall–Kier alpha value is -0.640. The molecule has 0 unspecified atom stereocenters. The largest absolute Gasteiger partial charge is 0.444 e. The molecule has 0 bridgehead atoms. The fourth-order valence-electron chi connectivity index (χ4n) is 2.34. The van der Waals surface area contributed by atoms with Gasteiger partial charge in [0.15, 0.2) is 0 Å². The Kier molecular flexibility index (Phi) is 5.44. The highest BCUT2D eigenvalue weighted by Gasteiger charge is 2.37. The van der Waals surface area contributed by atoms with E-state index >= 15 is 0 Å². The summed E-state index contributed by atoms with van der Waals surface area (Å²) in [7, 11) is -3.53. The number of ether oxygens (including phenoxy) is 1. The van der Waals surface area contributed by atoms with Crippen molar-refractivity contribution in [2.24, 2.45) is 0 Å². The Morgan fingerprint density at radius 1 is 1.35 bits per heavy atom. The van der Waals surface area contributed by atoms with Crippen molar-refractivity contribution in [3.63, 3.8) is 0 Å². The number of piperazine rings is 1. The molecule has 23 heavy (non-hydrogen) atoms. The summed E-state index contributed by atoms with van der Waals surface area (Å²) in [6.07, 6.45) is -0.403. The third-order valence-electron chi connectivity index (χ3n) is 3.33. The molecule has 1 aromatic heterocycles. The van der Waals surface area contributed by atoms with Gasteiger partial charge >= 0.3 is 6.09 Å². The van der Waals surface area contributed by atoms with E-state index in [1.54, 1.807) is 24.0 Å². The molecule has 2 rings (SSSR count). The molecule has 130 valence electrons. The lowest BCUT2D eigenvalue weighted by Gasteiger charge is -2.39. The third-order valence-corrected chi connectivity index (χ3v) is 7.43. The quantitative estimate of drug-likeness (QED) is 0.730. The Labute approximate surface area is 149 Å². The summed E-state index contributed by atoms with van der Waals surface area (Å²) in [6.45, 7) is 8.14. The number of amides is 1. The Morgan fingerprint density at radius 3 is 2.48 bits per heavy atom. The molecule has 2 heterocycles. The number of hydrogen-bond donors (Lipinski definition) is 0. The second-order valence-electron chi connectivity index (χ2n) is 6.45. The lowest BCUT2D eigenvalue weighted by Crippen LogP contribution is -2.55. The summed E-state index contributed by atoms with van der Waals surface area (Å²) < 4.78 is 33.3. The number of halogens is 1. The zero-order valence-electron chi connectivity index (χ0n) is 13.6. The number of sulfonamides is 1. The van der Waals surface area contributed by atoms with Gasteiger partial charge in [-0.15, -0.1) is 11.3 Å². The highest BCUT2D eigenvalue weighted by atomic mass is 79.9. The van der Waals surface area contributed by atoms with E-state index in [1.165, 1.54) is 15.6 Å². The first-order valence-corrected chi connectivity index (χ1v) is 10.3. The van der Waals surface area contributed by atoms with E-state index < -0.39 is 21.7 Å². The SMILES string of the molecule is C[C@@H]1CN(C(=O)OC(C)(C)C)CCN1S(=O)(=O)c1ccc(Br)s1. The van der Waals surface area contributed by atoms with Crippen LogP contribution in [0.4, 0.5) is 4.79 Å². The predicted octanol–water partition coefficient (Wildman–Crippen LogP) is 3.14. The van der Waals surface area contributed by atoms with Crippen molar-refractivity contribution < 1.29 is 17.9 Å². The molecule has 6 nitrogen and oxygen atoms in total. The summed E-state index contributed by atoms with van der Waals surface area (Å²) in [4.78, 5) is 13.7. The van der Waals surface area contributed by atoms with Crippen LogP contribution in [0.15, 0.2) is 20.1 Å². The number of carbonyl (C=O) groups excluding carboxylic acids is 1. The zero-order valence-corrected chi connectivity index (χ0v) is 16.8. The van der Waals surface area contributed by atoms with Crippen LogP contribution in [-0.2, 0) is 14.8 Å². The Balaban J connectivity index is 2.08. The van der Waals surface area contributed by atoms with Gasteiger partial charge in [-0.05, 0) is 55.8 Å². The molecule has 0 radical (unpaired) electrons. The van der Waals surface area contributed by atoms with Crippen LogP contribution < -0.4 is 0 Å². The molecule has 1 amide bonds. The predicted molar refractivity (Wildman–Crippen MR) is 93.2 cm³/mol. The molecule has 1 fully saturated rings. The number of thiophene rings is 1.